The van der Waals surface area contributed by atoms with Crippen LogP contribution in [0, 0.1) is 18.8 Å². The standard InChI is InChI=1S/C19H24N4O2S/c1-4-12(3)15(20-16(24)13-9-10-13)17(25)21-19-23-22-18(26-19)14-7-5-11(2)6-8-14/h5-8,12-13,15H,4,9-10H2,1-3H3,(H,20,24)(H,21,23,25)/t12-,15+/m1/s1. The van der Waals surface area contributed by atoms with Gasteiger partial charge in [0, 0.05) is 11.5 Å². The van der Waals surface area contributed by atoms with Gasteiger partial charge in [-0.25, -0.2) is 0 Å². The highest BCUT2D eigenvalue weighted by atomic mass is 32.1. The highest BCUT2D eigenvalue weighted by Gasteiger charge is 2.34. The van der Waals surface area contributed by atoms with Crippen molar-refractivity contribution in [2.75, 3.05) is 5.32 Å². The number of rotatable bonds is 7. The maximum Gasteiger partial charge on any atom is 0.249 e. The Hall–Kier alpha value is -2.28. The fraction of sp³-hybridized carbons (Fsp3) is 0.474. The van der Waals surface area contributed by atoms with E-state index in [1.807, 2.05) is 45.0 Å². The van der Waals surface area contributed by atoms with Gasteiger partial charge < -0.3 is 5.32 Å². The van der Waals surface area contributed by atoms with Crippen LogP contribution in [0.2, 0.25) is 0 Å². The molecule has 0 radical (unpaired) electrons. The third kappa shape index (κ3) is 4.46. The first-order chi connectivity index (χ1) is 12.5. The van der Waals surface area contributed by atoms with Crippen molar-refractivity contribution in [1.82, 2.24) is 15.5 Å². The third-order valence-corrected chi connectivity index (χ3v) is 5.58. The van der Waals surface area contributed by atoms with Crippen molar-refractivity contribution >= 4 is 28.3 Å². The number of nitrogens with one attached hydrogen (secondary N) is 2. The largest absolute Gasteiger partial charge is 0.344 e. The molecule has 0 aliphatic heterocycles. The molecule has 0 saturated heterocycles. The van der Waals surface area contributed by atoms with E-state index in [9.17, 15) is 9.59 Å². The Kier molecular flexibility index (Phi) is 5.66. The van der Waals surface area contributed by atoms with E-state index in [1.54, 1.807) is 0 Å². The predicted octanol–water partition coefficient (Wildman–Crippen LogP) is 3.39. The number of aryl methyl sites for hydroxylation is 1. The van der Waals surface area contributed by atoms with E-state index in [0.717, 1.165) is 29.8 Å². The van der Waals surface area contributed by atoms with Gasteiger partial charge in [0.2, 0.25) is 16.9 Å². The molecule has 0 bridgehead atoms. The van der Waals surface area contributed by atoms with Gasteiger partial charge in [0.25, 0.3) is 0 Å². The van der Waals surface area contributed by atoms with Crippen LogP contribution in [0.3, 0.4) is 0 Å². The summed E-state index contributed by atoms with van der Waals surface area (Å²) in [6.45, 7) is 6.00. The zero-order valence-electron chi connectivity index (χ0n) is 15.3. The van der Waals surface area contributed by atoms with Crippen LogP contribution in [-0.2, 0) is 9.59 Å². The van der Waals surface area contributed by atoms with Crippen molar-refractivity contribution < 1.29 is 9.59 Å². The summed E-state index contributed by atoms with van der Waals surface area (Å²) in [5.41, 5.74) is 2.14. The number of carbonyl (C=O) groups excluding carboxylic acids is 2. The molecule has 26 heavy (non-hydrogen) atoms. The normalized spacial score (nSPS) is 16.0. The highest BCUT2D eigenvalue weighted by molar-refractivity contribution is 7.18. The smallest absolute Gasteiger partial charge is 0.249 e. The lowest BCUT2D eigenvalue weighted by Crippen LogP contribution is -2.48. The molecule has 0 spiro atoms. The molecule has 7 heteroatoms. The van der Waals surface area contributed by atoms with Crippen LogP contribution >= 0.6 is 11.3 Å². The van der Waals surface area contributed by atoms with Gasteiger partial charge in [-0.15, -0.1) is 10.2 Å². The van der Waals surface area contributed by atoms with Crippen LogP contribution in [0.1, 0.15) is 38.7 Å². The molecule has 1 aromatic heterocycles. The van der Waals surface area contributed by atoms with Crippen molar-refractivity contribution in [2.24, 2.45) is 11.8 Å². The summed E-state index contributed by atoms with van der Waals surface area (Å²) < 4.78 is 0. The van der Waals surface area contributed by atoms with Gasteiger partial charge in [0.1, 0.15) is 11.0 Å². The summed E-state index contributed by atoms with van der Waals surface area (Å²) in [6, 6.07) is 7.45. The molecule has 2 amide bonds. The molecule has 1 heterocycles. The monoisotopic (exact) mass is 372 g/mol. The van der Waals surface area contributed by atoms with Gasteiger partial charge in [-0.3, -0.25) is 14.9 Å². The van der Waals surface area contributed by atoms with Crippen molar-refractivity contribution in [2.45, 2.75) is 46.1 Å². The van der Waals surface area contributed by atoms with Crippen LogP contribution in [0.5, 0.6) is 0 Å². The second-order valence-electron chi connectivity index (χ2n) is 6.91. The third-order valence-electron chi connectivity index (χ3n) is 4.70. The summed E-state index contributed by atoms with van der Waals surface area (Å²) >= 11 is 1.33. The lowest BCUT2D eigenvalue weighted by Gasteiger charge is -2.22. The second-order valence-corrected chi connectivity index (χ2v) is 7.89. The second kappa shape index (κ2) is 7.95. The number of anilines is 1. The molecule has 1 saturated carbocycles. The molecule has 3 rings (SSSR count). The van der Waals surface area contributed by atoms with Gasteiger partial charge in [0.15, 0.2) is 0 Å². The van der Waals surface area contributed by atoms with Crippen LogP contribution in [-0.4, -0.2) is 28.1 Å². The first-order valence-electron chi connectivity index (χ1n) is 8.99. The number of amides is 2. The van der Waals surface area contributed by atoms with Gasteiger partial charge in [-0.1, -0.05) is 61.4 Å². The molecule has 1 aliphatic carbocycles. The van der Waals surface area contributed by atoms with Gasteiger partial charge in [-0.05, 0) is 25.7 Å². The Bertz CT molecular complexity index is 783. The summed E-state index contributed by atoms with van der Waals surface area (Å²) in [4.78, 5) is 24.8. The van der Waals surface area contributed by atoms with Crippen LogP contribution in [0.15, 0.2) is 24.3 Å². The molecule has 1 aliphatic rings. The van der Waals surface area contributed by atoms with Crippen molar-refractivity contribution in [1.29, 1.82) is 0 Å². The zero-order chi connectivity index (χ0) is 18.7. The Balaban J connectivity index is 1.68. The number of carbonyl (C=O) groups is 2. The minimum atomic E-state index is -0.556. The van der Waals surface area contributed by atoms with E-state index in [0.29, 0.717) is 5.13 Å². The summed E-state index contributed by atoms with van der Waals surface area (Å²) in [5.74, 6) is -0.144. The molecule has 0 unspecified atom stereocenters. The lowest BCUT2D eigenvalue weighted by atomic mass is 9.98. The summed E-state index contributed by atoms with van der Waals surface area (Å²) in [6.07, 6.45) is 2.63. The van der Waals surface area contributed by atoms with Crippen molar-refractivity contribution in [3.8, 4) is 10.6 Å². The number of benzene rings is 1. The van der Waals surface area contributed by atoms with Crippen LogP contribution < -0.4 is 10.6 Å². The van der Waals surface area contributed by atoms with Gasteiger partial charge in [0.05, 0.1) is 0 Å². The summed E-state index contributed by atoms with van der Waals surface area (Å²) in [7, 11) is 0. The van der Waals surface area contributed by atoms with Crippen molar-refractivity contribution in [3.63, 3.8) is 0 Å². The minimum absolute atomic E-state index is 0.0249. The fourth-order valence-electron chi connectivity index (χ4n) is 2.59. The number of nitrogens with zero attached hydrogens (tertiary/aromatic N) is 2. The average Bonchev–Trinajstić information content (AvgIpc) is 3.39. The van der Waals surface area contributed by atoms with Crippen LogP contribution in [0.25, 0.3) is 10.6 Å². The molecule has 2 aromatic rings. The Labute approximate surface area is 157 Å². The molecule has 1 aromatic carbocycles. The zero-order valence-corrected chi connectivity index (χ0v) is 16.1. The van der Waals surface area contributed by atoms with E-state index >= 15 is 0 Å². The Morgan fingerprint density at radius 1 is 1.23 bits per heavy atom. The molecular formula is C19H24N4O2S. The molecule has 138 valence electrons. The highest BCUT2D eigenvalue weighted by Crippen LogP contribution is 2.30. The number of hydrogen-bond donors (Lipinski definition) is 2. The first kappa shape index (κ1) is 18.5. The Morgan fingerprint density at radius 3 is 2.54 bits per heavy atom. The lowest BCUT2D eigenvalue weighted by molar-refractivity contribution is -0.128. The molecular weight excluding hydrogens is 348 g/mol. The first-order valence-corrected chi connectivity index (χ1v) is 9.81. The maximum atomic E-state index is 12.7. The van der Waals surface area contributed by atoms with E-state index < -0.39 is 6.04 Å². The molecule has 6 nitrogen and oxygen atoms in total. The van der Waals surface area contributed by atoms with E-state index in [-0.39, 0.29) is 23.7 Å². The van der Waals surface area contributed by atoms with Gasteiger partial charge in [-0.2, -0.15) is 0 Å². The van der Waals surface area contributed by atoms with E-state index in [4.69, 9.17) is 0 Å². The Morgan fingerprint density at radius 2 is 1.92 bits per heavy atom. The average molecular weight is 372 g/mol. The predicted molar refractivity (Wildman–Crippen MR) is 103 cm³/mol. The van der Waals surface area contributed by atoms with Crippen LogP contribution in [0.4, 0.5) is 5.13 Å². The minimum Gasteiger partial charge on any atom is -0.344 e. The van der Waals surface area contributed by atoms with Crippen molar-refractivity contribution in [3.05, 3.63) is 29.8 Å². The number of hydrogen-bond acceptors (Lipinski definition) is 5. The maximum absolute atomic E-state index is 12.7. The SMILES string of the molecule is CC[C@@H](C)[C@H](NC(=O)C1CC1)C(=O)Nc1nnc(-c2ccc(C)cc2)s1. The number of aromatic nitrogens is 2. The van der Waals surface area contributed by atoms with Gasteiger partial charge >= 0.3 is 0 Å². The molecule has 1 fully saturated rings. The topological polar surface area (TPSA) is 84.0 Å². The molecule has 2 N–H and O–H groups in total. The van der Waals surface area contributed by atoms with E-state index in [1.165, 1.54) is 16.9 Å². The van der Waals surface area contributed by atoms with E-state index in [2.05, 4.69) is 20.8 Å². The molecule has 2 atom stereocenters. The quantitative estimate of drug-likeness (QED) is 0.780. The fourth-order valence-corrected chi connectivity index (χ4v) is 3.34. The summed E-state index contributed by atoms with van der Waals surface area (Å²) in [5, 5.41) is 15.1.